The molecule has 0 atom stereocenters. The molecule has 0 aromatic heterocycles. The second-order valence-corrected chi connectivity index (χ2v) is 3.36. The van der Waals surface area contributed by atoms with Crippen molar-refractivity contribution in [2.45, 2.75) is 6.92 Å². The van der Waals surface area contributed by atoms with Gasteiger partial charge in [0, 0.05) is 10.2 Å². The monoisotopic (exact) mass is 211 g/mol. The van der Waals surface area contributed by atoms with E-state index < -0.39 is 0 Å². The quantitative estimate of drug-likeness (QED) is 0.760. The van der Waals surface area contributed by atoms with Gasteiger partial charge >= 0.3 is 0 Å². The van der Waals surface area contributed by atoms with Crippen molar-refractivity contribution < 1.29 is 0 Å². The van der Waals surface area contributed by atoms with Crippen LogP contribution in [0.1, 0.15) is 12.5 Å². The van der Waals surface area contributed by atoms with Crippen LogP contribution in [0.5, 0.6) is 0 Å². The van der Waals surface area contributed by atoms with Gasteiger partial charge < -0.3 is 5.73 Å². The molecule has 0 bridgehead atoms. The highest BCUT2D eigenvalue weighted by Gasteiger charge is 1.88. The van der Waals surface area contributed by atoms with Gasteiger partial charge in [0.25, 0.3) is 0 Å². The highest BCUT2D eigenvalue weighted by atomic mass is 79.9. The van der Waals surface area contributed by atoms with Crippen molar-refractivity contribution in [3.63, 3.8) is 0 Å². The van der Waals surface area contributed by atoms with Crippen molar-refractivity contribution in [1.29, 1.82) is 0 Å². The van der Waals surface area contributed by atoms with E-state index in [-0.39, 0.29) is 0 Å². The van der Waals surface area contributed by atoms with Crippen LogP contribution in [-0.2, 0) is 0 Å². The first-order valence-electron chi connectivity index (χ1n) is 3.38. The van der Waals surface area contributed by atoms with Crippen LogP contribution in [0.15, 0.2) is 34.4 Å². The van der Waals surface area contributed by atoms with Crippen molar-refractivity contribution >= 4 is 22.0 Å². The van der Waals surface area contributed by atoms with Crippen LogP contribution in [0.2, 0.25) is 0 Å². The molecule has 0 amide bonds. The number of hydrogen-bond donors (Lipinski definition) is 1. The largest absolute Gasteiger partial charge is 0.402 e. The maximum Gasteiger partial charge on any atom is 0.0181 e. The molecule has 0 saturated carbocycles. The van der Waals surface area contributed by atoms with Crippen molar-refractivity contribution in [2.75, 3.05) is 0 Å². The third-order valence-corrected chi connectivity index (χ3v) is 1.74. The molecule has 0 aliphatic carbocycles. The lowest BCUT2D eigenvalue weighted by molar-refractivity contribution is 1.34. The fourth-order valence-electron chi connectivity index (χ4n) is 0.859. The van der Waals surface area contributed by atoms with E-state index in [2.05, 4.69) is 15.9 Å². The minimum Gasteiger partial charge on any atom is -0.402 e. The Morgan fingerprint density at radius 2 is 2.27 bits per heavy atom. The minimum absolute atomic E-state index is 0.822. The summed E-state index contributed by atoms with van der Waals surface area (Å²) in [5, 5.41) is 0. The van der Waals surface area contributed by atoms with Gasteiger partial charge in [-0.15, -0.1) is 0 Å². The third kappa shape index (κ3) is 2.76. The molecule has 0 spiro atoms. The normalized spacial score (nSPS) is 11.6. The fourth-order valence-corrected chi connectivity index (χ4v) is 1.28. The van der Waals surface area contributed by atoms with Gasteiger partial charge in [0.1, 0.15) is 0 Å². The molecule has 0 aliphatic heterocycles. The Bertz CT molecular complexity index is 275. The van der Waals surface area contributed by atoms with Crippen LogP contribution in [0.4, 0.5) is 0 Å². The molecule has 0 heterocycles. The van der Waals surface area contributed by atoms with Gasteiger partial charge in [-0.2, -0.15) is 0 Å². The van der Waals surface area contributed by atoms with Crippen LogP contribution in [0, 0.1) is 0 Å². The molecular weight excluding hydrogens is 202 g/mol. The first kappa shape index (κ1) is 8.34. The fraction of sp³-hybridized carbons (Fsp3) is 0.111. The van der Waals surface area contributed by atoms with Crippen molar-refractivity contribution in [3.05, 3.63) is 40.0 Å². The van der Waals surface area contributed by atoms with Gasteiger partial charge in [0.15, 0.2) is 0 Å². The Kier molecular flexibility index (Phi) is 2.71. The lowest BCUT2D eigenvalue weighted by Crippen LogP contribution is -1.88. The molecule has 11 heavy (non-hydrogen) atoms. The first-order chi connectivity index (χ1) is 5.18. The van der Waals surface area contributed by atoms with E-state index in [0.717, 1.165) is 15.7 Å². The van der Waals surface area contributed by atoms with E-state index in [0.29, 0.717) is 0 Å². The summed E-state index contributed by atoms with van der Waals surface area (Å²) in [6.07, 6.45) is 1.94. The Morgan fingerprint density at radius 1 is 1.55 bits per heavy atom. The summed E-state index contributed by atoms with van der Waals surface area (Å²) in [6.45, 7) is 1.88. The average molecular weight is 212 g/mol. The van der Waals surface area contributed by atoms with Gasteiger partial charge in [-0.3, -0.25) is 0 Å². The van der Waals surface area contributed by atoms with E-state index >= 15 is 0 Å². The summed E-state index contributed by atoms with van der Waals surface area (Å²) in [7, 11) is 0. The summed E-state index contributed by atoms with van der Waals surface area (Å²) in [4.78, 5) is 0. The third-order valence-electron chi connectivity index (χ3n) is 1.24. The summed E-state index contributed by atoms with van der Waals surface area (Å²) >= 11 is 3.38. The Morgan fingerprint density at radius 3 is 2.82 bits per heavy atom. The van der Waals surface area contributed by atoms with Gasteiger partial charge in [0.05, 0.1) is 0 Å². The molecule has 0 aliphatic rings. The van der Waals surface area contributed by atoms with E-state index in [1.54, 1.807) is 0 Å². The second-order valence-electron chi connectivity index (χ2n) is 2.44. The lowest BCUT2D eigenvalue weighted by Gasteiger charge is -1.94. The standard InChI is InChI=1S/C9H10BrN/c1-7(11)5-8-3-2-4-9(10)6-8/h2-6H,11H2,1H3. The van der Waals surface area contributed by atoms with Gasteiger partial charge in [-0.25, -0.2) is 0 Å². The van der Waals surface area contributed by atoms with Crippen molar-refractivity contribution in [2.24, 2.45) is 5.73 Å². The van der Waals surface area contributed by atoms with Crippen LogP contribution in [-0.4, -0.2) is 0 Å². The maximum atomic E-state index is 5.52. The Balaban J connectivity index is 2.97. The summed E-state index contributed by atoms with van der Waals surface area (Å²) in [6, 6.07) is 8.01. The van der Waals surface area contributed by atoms with Crippen molar-refractivity contribution in [3.8, 4) is 0 Å². The molecular formula is C9H10BrN. The molecule has 1 aromatic carbocycles. The summed E-state index contributed by atoms with van der Waals surface area (Å²) in [5.74, 6) is 0. The molecule has 2 N–H and O–H groups in total. The zero-order valence-corrected chi connectivity index (χ0v) is 7.93. The van der Waals surface area contributed by atoms with Crippen molar-refractivity contribution in [1.82, 2.24) is 0 Å². The van der Waals surface area contributed by atoms with E-state index in [9.17, 15) is 0 Å². The Labute approximate surface area is 75.0 Å². The van der Waals surface area contributed by atoms with Crippen LogP contribution >= 0.6 is 15.9 Å². The van der Waals surface area contributed by atoms with E-state index in [1.165, 1.54) is 0 Å². The molecule has 0 radical (unpaired) electrons. The second kappa shape index (κ2) is 3.58. The SMILES string of the molecule is CC(N)=Cc1cccc(Br)c1. The number of benzene rings is 1. The molecule has 58 valence electrons. The van der Waals surface area contributed by atoms with Crippen LogP contribution in [0.3, 0.4) is 0 Å². The lowest BCUT2D eigenvalue weighted by atomic mass is 10.2. The number of nitrogens with two attached hydrogens (primary N) is 1. The maximum absolute atomic E-state index is 5.52. The van der Waals surface area contributed by atoms with E-state index in [4.69, 9.17) is 5.73 Å². The topological polar surface area (TPSA) is 26.0 Å². The number of rotatable bonds is 1. The summed E-state index contributed by atoms with van der Waals surface area (Å²) in [5.41, 5.74) is 7.47. The van der Waals surface area contributed by atoms with Gasteiger partial charge in [-0.05, 0) is 30.7 Å². The zero-order chi connectivity index (χ0) is 8.27. The number of allylic oxidation sites excluding steroid dienone is 1. The van der Waals surface area contributed by atoms with Gasteiger partial charge in [0.2, 0.25) is 0 Å². The predicted octanol–water partition coefficient (Wildman–Crippen LogP) is 2.77. The zero-order valence-electron chi connectivity index (χ0n) is 6.34. The molecule has 2 heteroatoms. The summed E-state index contributed by atoms with van der Waals surface area (Å²) < 4.78 is 1.08. The smallest absolute Gasteiger partial charge is 0.0181 e. The average Bonchev–Trinajstić information content (AvgIpc) is 1.85. The predicted molar refractivity (Wildman–Crippen MR) is 52.0 cm³/mol. The highest BCUT2D eigenvalue weighted by molar-refractivity contribution is 9.10. The van der Waals surface area contributed by atoms with Crippen LogP contribution < -0.4 is 5.73 Å². The number of hydrogen-bond acceptors (Lipinski definition) is 1. The number of halogens is 1. The Hall–Kier alpha value is -0.760. The molecule has 0 fully saturated rings. The molecule has 0 unspecified atom stereocenters. The van der Waals surface area contributed by atoms with Gasteiger partial charge in [-0.1, -0.05) is 28.1 Å². The molecule has 1 nitrogen and oxygen atoms in total. The van der Waals surface area contributed by atoms with Crippen LogP contribution in [0.25, 0.3) is 6.08 Å². The minimum atomic E-state index is 0.822. The molecule has 1 aromatic rings. The van der Waals surface area contributed by atoms with E-state index in [1.807, 2.05) is 37.3 Å². The molecule has 1 rings (SSSR count). The first-order valence-corrected chi connectivity index (χ1v) is 4.17. The molecule has 0 saturated heterocycles. The highest BCUT2D eigenvalue weighted by Crippen LogP contribution is 2.12.